The largest absolute Gasteiger partial charge is 0.467 e. The minimum atomic E-state index is -3.73. The zero-order valence-electron chi connectivity index (χ0n) is 13.8. The fourth-order valence-corrected chi connectivity index (χ4v) is 3.08. The lowest BCUT2D eigenvalue weighted by atomic mass is 10.1. The zero-order chi connectivity index (χ0) is 17.2. The van der Waals surface area contributed by atoms with Crippen LogP contribution in [0, 0.1) is 13.8 Å². The summed E-state index contributed by atoms with van der Waals surface area (Å²) >= 11 is 0. The van der Waals surface area contributed by atoms with Crippen LogP contribution >= 0.6 is 0 Å². The number of nitrogens with one attached hydrogen (secondary N) is 1. The number of hydrogen-bond donors (Lipinski definition) is 1. The van der Waals surface area contributed by atoms with Crippen molar-refractivity contribution in [1.82, 2.24) is 9.97 Å². The van der Waals surface area contributed by atoms with Crippen LogP contribution in [-0.2, 0) is 10.0 Å². The van der Waals surface area contributed by atoms with E-state index in [-0.39, 0.29) is 16.6 Å². The summed E-state index contributed by atoms with van der Waals surface area (Å²) in [5.74, 6) is 0.421. The first kappa shape index (κ1) is 17.0. The van der Waals surface area contributed by atoms with Crippen LogP contribution in [-0.4, -0.2) is 39.6 Å². The lowest BCUT2D eigenvalue weighted by molar-refractivity contribution is 0.380. The van der Waals surface area contributed by atoms with Gasteiger partial charge in [-0.2, -0.15) is 4.98 Å². The highest BCUT2D eigenvalue weighted by Crippen LogP contribution is 2.26. The van der Waals surface area contributed by atoms with Crippen molar-refractivity contribution in [2.75, 3.05) is 30.8 Å². The molecule has 0 radical (unpaired) electrons. The van der Waals surface area contributed by atoms with Crippen molar-refractivity contribution < 1.29 is 13.2 Å². The maximum absolute atomic E-state index is 12.6. The van der Waals surface area contributed by atoms with Gasteiger partial charge in [0.25, 0.3) is 10.0 Å². The Bertz CT molecular complexity index is 819. The number of benzene rings is 1. The first-order valence-corrected chi connectivity index (χ1v) is 8.41. The molecule has 0 amide bonds. The second-order valence-corrected chi connectivity index (χ2v) is 7.02. The van der Waals surface area contributed by atoms with E-state index < -0.39 is 10.0 Å². The van der Waals surface area contributed by atoms with Gasteiger partial charge in [0.2, 0.25) is 0 Å². The number of hydrogen-bond acceptors (Lipinski definition) is 6. The summed E-state index contributed by atoms with van der Waals surface area (Å²) in [5, 5.41) is 0. The third-order valence-corrected chi connectivity index (χ3v) is 4.75. The number of nitrogens with zero attached hydrogens (tertiary/aromatic N) is 3. The van der Waals surface area contributed by atoms with Gasteiger partial charge in [-0.25, -0.2) is 13.4 Å². The van der Waals surface area contributed by atoms with Gasteiger partial charge < -0.3 is 9.64 Å². The van der Waals surface area contributed by atoms with E-state index in [0.717, 1.165) is 11.1 Å². The quantitative estimate of drug-likeness (QED) is 0.898. The first-order valence-electron chi connectivity index (χ1n) is 6.93. The van der Waals surface area contributed by atoms with Crippen molar-refractivity contribution in [3.05, 3.63) is 35.5 Å². The van der Waals surface area contributed by atoms with Crippen LogP contribution in [0.3, 0.4) is 0 Å². The Hall–Kier alpha value is -2.35. The molecule has 1 aromatic heterocycles. The number of aromatic nitrogens is 2. The van der Waals surface area contributed by atoms with Crippen molar-refractivity contribution in [3.8, 4) is 6.01 Å². The molecular weight excluding hydrogens is 316 g/mol. The predicted molar refractivity (Wildman–Crippen MR) is 89.6 cm³/mol. The molecule has 8 heteroatoms. The summed E-state index contributed by atoms with van der Waals surface area (Å²) < 4.78 is 32.7. The topological polar surface area (TPSA) is 84.4 Å². The Morgan fingerprint density at radius 1 is 1.17 bits per heavy atom. The summed E-state index contributed by atoms with van der Waals surface area (Å²) in [4.78, 5) is 10.0. The van der Waals surface area contributed by atoms with Crippen molar-refractivity contribution in [2.24, 2.45) is 0 Å². The smallest absolute Gasteiger partial charge is 0.318 e. The number of rotatable bonds is 5. The van der Waals surface area contributed by atoms with Crippen molar-refractivity contribution in [3.63, 3.8) is 0 Å². The van der Waals surface area contributed by atoms with Crippen LogP contribution in [0.5, 0.6) is 6.01 Å². The minimum Gasteiger partial charge on any atom is -0.467 e. The zero-order valence-corrected chi connectivity index (χ0v) is 14.6. The molecule has 2 rings (SSSR count). The van der Waals surface area contributed by atoms with Crippen LogP contribution < -0.4 is 14.4 Å². The van der Waals surface area contributed by atoms with E-state index in [0.29, 0.717) is 5.82 Å². The van der Waals surface area contributed by atoms with Crippen LogP contribution in [0.1, 0.15) is 11.1 Å². The summed E-state index contributed by atoms with van der Waals surface area (Å²) in [7, 11) is 1.25. The van der Waals surface area contributed by atoms with Crippen molar-refractivity contribution in [1.29, 1.82) is 0 Å². The standard InChI is InChI=1S/C15H20N4O3S/c1-10-6-7-12(8-11(10)2)23(20,21)18-13-9-16-15(22-5)17-14(13)19(3)4/h6-9,18H,1-5H3. The van der Waals surface area contributed by atoms with Gasteiger partial charge in [-0.15, -0.1) is 0 Å². The van der Waals surface area contributed by atoms with Gasteiger partial charge >= 0.3 is 6.01 Å². The predicted octanol–water partition coefficient (Wildman–Crippen LogP) is 1.97. The van der Waals surface area contributed by atoms with Crippen LogP contribution in [0.25, 0.3) is 0 Å². The first-order chi connectivity index (χ1) is 10.7. The van der Waals surface area contributed by atoms with E-state index in [1.165, 1.54) is 13.3 Å². The normalized spacial score (nSPS) is 11.2. The summed E-state index contributed by atoms with van der Waals surface area (Å²) in [6, 6.07) is 5.16. The highest BCUT2D eigenvalue weighted by molar-refractivity contribution is 7.92. The molecule has 1 heterocycles. The van der Waals surface area contributed by atoms with Gasteiger partial charge in [0.15, 0.2) is 5.82 Å². The second kappa shape index (κ2) is 6.41. The molecule has 124 valence electrons. The average molecular weight is 336 g/mol. The molecule has 2 aromatic rings. The van der Waals surface area contributed by atoms with Crippen LogP contribution in [0.2, 0.25) is 0 Å². The van der Waals surface area contributed by atoms with E-state index in [2.05, 4.69) is 14.7 Å². The highest BCUT2D eigenvalue weighted by Gasteiger charge is 2.19. The number of anilines is 2. The third-order valence-electron chi connectivity index (χ3n) is 3.39. The monoisotopic (exact) mass is 336 g/mol. The number of sulfonamides is 1. The maximum atomic E-state index is 12.6. The number of aryl methyl sites for hydroxylation is 2. The second-order valence-electron chi connectivity index (χ2n) is 5.34. The maximum Gasteiger partial charge on any atom is 0.318 e. The fraction of sp³-hybridized carbons (Fsp3) is 0.333. The van der Waals surface area contributed by atoms with E-state index >= 15 is 0 Å². The van der Waals surface area contributed by atoms with Gasteiger partial charge in [-0.3, -0.25) is 4.72 Å². The molecule has 23 heavy (non-hydrogen) atoms. The molecule has 0 aliphatic rings. The van der Waals surface area contributed by atoms with Gasteiger partial charge in [0, 0.05) is 14.1 Å². The van der Waals surface area contributed by atoms with Crippen molar-refractivity contribution >= 4 is 21.5 Å². The van der Waals surface area contributed by atoms with E-state index in [1.54, 1.807) is 37.2 Å². The van der Waals surface area contributed by atoms with E-state index in [4.69, 9.17) is 4.74 Å². The molecule has 0 unspecified atom stereocenters. The number of ether oxygens (including phenoxy) is 1. The van der Waals surface area contributed by atoms with Crippen molar-refractivity contribution in [2.45, 2.75) is 18.7 Å². The molecule has 0 atom stereocenters. The molecule has 7 nitrogen and oxygen atoms in total. The van der Waals surface area contributed by atoms with Gasteiger partial charge in [-0.1, -0.05) is 6.07 Å². The molecule has 0 aliphatic heterocycles. The minimum absolute atomic E-state index is 0.169. The van der Waals surface area contributed by atoms with E-state index in [1.807, 2.05) is 13.8 Å². The van der Waals surface area contributed by atoms with E-state index in [9.17, 15) is 8.42 Å². The molecule has 0 aliphatic carbocycles. The molecule has 1 N–H and O–H groups in total. The molecule has 0 fully saturated rings. The Morgan fingerprint density at radius 3 is 2.43 bits per heavy atom. The summed E-state index contributed by atoms with van der Waals surface area (Å²) in [6.45, 7) is 3.80. The fourth-order valence-electron chi connectivity index (χ4n) is 1.95. The Kier molecular flexibility index (Phi) is 4.74. The Balaban J connectivity index is 2.42. The highest BCUT2D eigenvalue weighted by atomic mass is 32.2. The molecular formula is C15H20N4O3S. The summed E-state index contributed by atoms with van der Waals surface area (Å²) in [6.07, 6.45) is 1.39. The molecule has 0 bridgehead atoms. The van der Waals surface area contributed by atoms with Crippen LogP contribution in [0.15, 0.2) is 29.3 Å². The average Bonchev–Trinajstić information content (AvgIpc) is 2.49. The lowest BCUT2D eigenvalue weighted by Gasteiger charge is -2.17. The molecule has 0 saturated carbocycles. The molecule has 0 saturated heterocycles. The van der Waals surface area contributed by atoms with Gasteiger partial charge in [0.05, 0.1) is 18.2 Å². The van der Waals surface area contributed by atoms with Crippen LogP contribution in [0.4, 0.5) is 11.5 Å². The Morgan fingerprint density at radius 2 is 1.87 bits per heavy atom. The van der Waals surface area contributed by atoms with Gasteiger partial charge in [-0.05, 0) is 37.1 Å². The lowest BCUT2D eigenvalue weighted by Crippen LogP contribution is -2.19. The SMILES string of the molecule is COc1ncc(NS(=O)(=O)c2ccc(C)c(C)c2)c(N(C)C)n1. The Labute approximate surface area is 136 Å². The van der Waals surface area contributed by atoms with Gasteiger partial charge in [0.1, 0.15) is 5.69 Å². The molecule has 1 aromatic carbocycles. The molecule has 0 spiro atoms. The third kappa shape index (κ3) is 3.70. The summed E-state index contributed by atoms with van der Waals surface area (Å²) in [5.41, 5.74) is 2.23. The number of methoxy groups -OCH3 is 1.